The standard InChI is InChI=1S/C27H21NO2S/c29-25(20-10-4-1-5-11-20)21-16-18-23(19-17-21)28-27(30)26(22-12-6-2-7-13-22)31-24-14-8-3-9-15-24/h1-19,26H,(H,28,30)/t26-/m0/s1. The normalized spacial score (nSPS) is 11.5. The molecule has 4 rings (SSSR count). The lowest BCUT2D eigenvalue weighted by molar-refractivity contribution is -0.115. The predicted molar refractivity (Wildman–Crippen MR) is 126 cm³/mol. The molecule has 4 aromatic carbocycles. The second-order valence-corrected chi connectivity index (χ2v) is 8.16. The first kappa shape index (κ1) is 20.6. The molecule has 0 saturated heterocycles. The third-order valence-electron chi connectivity index (χ3n) is 4.79. The van der Waals surface area contributed by atoms with Crippen LogP contribution in [0.25, 0.3) is 0 Å². The van der Waals surface area contributed by atoms with Crippen molar-refractivity contribution >= 4 is 29.1 Å². The number of rotatable bonds is 7. The van der Waals surface area contributed by atoms with Gasteiger partial charge in [-0.3, -0.25) is 9.59 Å². The highest BCUT2D eigenvalue weighted by atomic mass is 32.2. The fourth-order valence-corrected chi connectivity index (χ4v) is 4.25. The maximum absolute atomic E-state index is 13.2. The van der Waals surface area contributed by atoms with E-state index in [0.717, 1.165) is 10.5 Å². The van der Waals surface area contributed by atoms with Crippen LogP contribution in [0.15, 0.2) is 120 Å². The van der Waals surface area contributed by atoms with Gasteiger partial charge in [-0.25, -0.2) is 0 Å². The summed E-state index contributed by atoms with van der Waals surface area (Å²) < 4.78 is 0. The van der Waals surface area contributed by atoms with Crippen molar-refractivity contribution in [1.82, 2.24) is 0 Å². The van der Waals surface area contributed by atoms with Gasteiger partial charge in [-0.1, -0.05) is 78.9 Å². The summed E-state index contributed by atoms with van der Waals surface area (Å²) in [5.41, 5.74) is 2.82. The van der Waals surface area contributed by atoms with Crippen LogP contribution in [0.2, 0.25) is 0 Å². The summed E-state index contributed by atoms with van der Waals surface area (Å²) in [7, 11) is 0. The zero-order valence-corrected chi connectivity index (χ0v) is 17.6. The topological polar surface area (TPSA) is 46.2 Å². The van der Waals surface area contributed by atoms with Crippen molar-refractivity contribution in [2.75, 3.05) is 5.32 Å². The maximum atomic E-state index is 13.2. The second kappa shape index (κ2) is 9.92. The number of anilines is 1. The Morgan fingerprint density at radius 3 is 1.74 bits per heavy atom. The number of hydrogen-bond acceptors (Lipinski definition) is 3. The molecule has 0 aromatic heterocycles. The van der Waals surface area contributed by atoms with Gasteiger partial charge >= 0.3 is 0 Å². The van der Waals surface area contributed by atoms with E-state index in [0.29, 0.717) is 16.8 Å². The monoisotopic (exact) mass is 423 g/mol. The smallest absolute Gasteiger partial charge is 0.242 e. The van der Waals surface area contributed by atoms with Crippen LogP contribution in [0.3, 0.4) is 0 Å². The van der Waals surface area contributed by atoms with Crippen LogP contribution in [0.4, 0.5) is 5.69 Å². The van der Waals surface area contributed by atoms with E-state index < -0.39 is 5.25 Å². The molecule has 1 amide bonds. The van der Waals surface area contributed by atoms with Crippen LogP contribution < -0.4 is 5.32 Å². The Labute approximate surface area is 186 Å². The quantitative estimate of drug-likeness (QED) is 0.277. The van der Waals surface area contributed by atoms with Crippen molar-refractivity contribution in [3.8, 4) is 0 Å². The Morgan fingerprint density at radius 2 is 1.13 bits per heavy atom. The van der Waals surface area contributed by atoms with Gasteiger partial charge in [-0.05, 0) is 42.0 Å². The number of amides is 1. The predicted octanol–water partition coefficient (Wildman–Crippen LogP) is 6.39. The fourth-order valence-electron chi connectivity index (χ4n) is 3.20. The van der Waals surface area contributed by atoms with Crippen LogP contribution in [-0.2, 0) is 4.79 Å². The third-order valence-corrected chi connectivity index (χ3v) is 6.05. The lowest BCUT2D eigenvalue weighted by atomic mass is 10.0. The molecule has 3 nitrogen and oxygen atoms in total. The average Bonchev–Trinajstić information content (AvgIpc) is 2.84. The first-order valence-corrected chi connectivity index (χ1v) is 10.9. The molecular formula is C27H21NO2S. The Kier molecular flexibility index (Phi) is 6.60. The summed E-state index contributed by atoms with van der Waals surface area (Å²) in [5.74, 6) is -0.150. The molecule has 0 fully saturated rings. The van der Waals surface area contributed by atoms with Crippen molar-refractivity contribution < 1.29 is 9.59 Å². The summed E-state index contributed by atoms with van der Waals surface area (Å²) in [5, 5.41) is 2.60. The van der Waals surface area contributed by atoms with E-state index in [1.165, 1.54) is 11.8 Å². The lowest BCUT2D eigenvalue weighted by Gasteiger charge is -2.17. The van der Waals surface area contributed by atoms with Crippen molar-refractivity contribution in [2.45, 2.75) is 10.1 Å². The molecule has 1 N–H and O–H groups in total. The zero-order chi connectivity index (χ0) is 21.5. The summed E-state index contributed by atoms with van der Waals surface area (Å²) in [6.45, 7) is 0. The molecule has 0 aliphatic carbocycles. The molecule has 0 heterocycles. The maximum Gasteiger partial charge on any atom is 0.242 e. The molecule has 0 radical (unpaired) electrons. The number of thioether (sulfide) groups is 1. The van der Waals surface area contributed by atoms with Gasteiger partial charge in [0.1, 0.15) is 5.25 Å². The van der Waals surface area contributed by atoms with Gasteiger partial charge in [0.15, 0.2) is 5.78 Å². The number of carbonyl (C=O) groups excluding carboxylic acids is 2. The zero-order valence-electron chi connectivity index (χ0n) is 16.8. The van der Waals surface area contributed by atoms with Gasteiger partial charge in [0.05, 0.1) is 0 Å². The molecular weight excluding hydrogens is 402 g/mol. The van der Waals surface area contributed by atoms with E-state index in [1.807, 2.05) is 78.9 Å². The molecule has 4 aromatic rings. The van der Waals surface area contributed by atoms with Gasteiger partial charge in [0.25, 0.3) is 0 Å². The van der Waals surface area contributed by atoms with Gasteiger partial charge in [-0.2, -0.15) is 0 Å². The minimum Gasteiger partial charge on any atom is -0.325 e. The molecule has 0 unspecified atom stereocenters. The molecule has 0 saturated carbocycles. The highest BCUT2D eigenvalue weighted by Gasteiger charge is 2.22. The van der Waals surface area contributed by atoms with Crippen molar-refractivity contribution in [3.63, 3.8) is 0 Å². The third kappa shape index (κ3) is 5.30. The number of benzene rings is 4. The Balaban J connectivity index is 1.51. The first-order valence-electron chi connectivity index (χ1n) is 9.98. The fraction of sp³-hybridized carbons (Fsp3) is 0.0370. The van der Waals surface area contributed by atoms with E-state index in [2.05, 4.69) is 5.32 Å². The molecule has 0 aliphatic heterocycles. The number of hydrogen-bond donors (Lipinski definition) is 1. The summed E-state index contributed by atoms with van der Waals surface area (Å²) in [4.78, 5) is 26.8. The van der Waals surface area contributed by atoms with Gasteiger partial charge in [0, 0.05) is 21.7 Å². The molecule has 1 atom stereocenters. The molecule has 4 heteroatoms. The summed E-state index contributed by atoms with van der Waals surface area (Å²) in [6.07, 6.45) is 0. The lowest BCUT2D eigenvalue weighted by Crippen LogP contribution is -2.19. The minimum atomic E-state index is -0.394. The molecule has 0 aliphatic rings. The van der Waals surface area contributed by atoms with Crippen molar-refractivity contribution in [3.05, 3.63) is 132 Å². The van der Waals surface area contributed by atoms with E-state index in [4.69, 9.17) is 0 Å². The molecule has 31 heavy (non-hydrogen) atoms. The SMILES string of the molecule is O=C(c1ccccc1)c1ccc(NC(=O)[C@@H](Sc2ccccc2)c2ccccc2)cc1. The van der Waals surface area contributed by atoms with Crippen LogP contribution >= 0.6 is 11.8 Å². The Hall–Kier alpha value is -3.63. The van der Waals surface area contributed by atoms with Gasteiger partial charge in [0.2, 0.25) is 5.91 Å². The van der Waals surface area contributed by atoms with E-state index in [1.54, 1.807) is 36.4 Å². The van der Waals surface area contributed by atoms with Gasteiger partial charge in [-0.15, -0.1) is 11.8 Å². The molecule has 152 valence electrons. The highest BCUT2D eigenvalue weighted by molar-refractivity contribution is 8.00. The summed E-state index contributed by atoms with van der Waals surface area (Å²) in [6, 6.07) is 35.8. The van der Waals surface area contributed by atoms with E-state index in [-0.39, 0.29) is 11.7 Å². The van der Waals surface area contributed by atoms with Crippen LogP contribution in [0.5, 0.6) is 0 Å². The van der Waals surface area contributed by atoms with Crippen molar-refractivity contribution in [1.29, 1.82) is 0 Å². The minimum absolute atomic E-state index is 0.0414. The van der Waals surface area contributed by atoms with Crippen LogP contribution in [0, 0.1) is 0 Å². The average molecular weight is 424 g/mol. The molecule has 0 spiro atoms. The Bertz CT molecular complexity index is 1140. The second-order valence-electron chi connectivity index (χ2n) is 6.98. The number of ketones is 1. The number of nitrogens with one attached hydrogen (secondary N) is 1. The largest absolute Gasteiger partial charge is 0.325 e. The van der Waals surface area contributed by atoms with Gasteiger partial charge < -0.3 is 5.32 Å². The van der Waals surface area contributed by atoms with Crippen LogP contribution in [0.1, 0.15) is 26.7 Å². The van der Waals surface area contributed by atoms with E-state index in [9.17, 15) is 9.59 Å². The highest BCUT2D eigenvalue weighted by Crippen LogP contribution is 2.36. The summed E-state index contributed by atoms with van der Waals surface area (Å²) >= 11 is 1.51. The van der Waals surface area contributed by atoms with Crippen molar-refractivity contribution in [2.24, 2.45) is 0 Å². The van der Waals surface area contributed by atoms with E-state index >= 15 is 0 Å². The number of carbonyl (C=O) groups is 2. The molecule has 0 bridgehead atoms. The Morgan fingerprint density at radius 1 is 0.613 bits per heavy atom. The first-order chi connectivity index (χ1) is 15.2. The van der Waals surface area contributed by atoms with Crippen LogP contribution in [-0.4, -0.2) is 11.7 Å².